The van der Waals surface area contributed by atoms with Crippen molar-refractivity contribution in [3.05, 3.63) is 24.2 Å². The molecule has 0 radical (unpaired) electrons. The second-order valence-electron chi connectivity index (χ2n) is 4.29. The van der Waals surface area contributed by atoms with Gasteiger partial charge in [0, 0.05) is 24.9 Å². The van der Waals surface area contributed by atoms with Gasteiger partial charge in [0.2, 0.25) is 0 Å². The molecule has 0 bridgehead atoms. The third-order valence-electron chi connectivity index (χ3n) is 3.19. The van der Waals surface area contributed by atoms with Crippen molar-refractivity contribution < 1.29 is 0 Å². The zero-order valence-electron chi connectivity index (χ0n) is 9.39. The lowest BCUT2D eigenvalue weighted by Gasteiger charge is -2.20. The SMILES string of the molecule is Cn1c(C2CCCSC2)nc2cccnc21. The van der Waals surface area contributed by atoms with E-state index in [1.54, 1.807) is 0 Å². The molecule has 0 N–H and O–H groups in total. The minimum absolute atomic E-state index is 0.609. The van der Waals surface area contributed by atoms with E-state index in [4.69, 9.17) is 4.98 Å². The van der Waals surface area contributed by atoms with Gasteiger partial charge < -0.3 is 4.57 Å². The highest BCUT2D eigenvalue weighted by Crippen LogP contribution is 2.31. The molecule has 3 nitrogen and oxygen atoms in total. The maximum Gasteiger partial charge on any atom is 0.159 e. The summed E-state index contributed by atoms with van der Waals surface area (Å²) in [5.41, 5.74) is 2.03. The first-order chi connectivity index (χ1) is 7.86. The number of thioether (sulfide) groups is 1. The Hall–Kier alpha value is -1.03. The van der Waals surface area contributed by atoms with Gasteiger partial charge in [0.05, 0.1) is 0 Å². The van der Waals surface area contributed by atoms with Crippen LogP contribution in [0, 0.1) is 0 Å². The van der Waals surface area contributed by atoms with Crippen LogP contribution < -0.4 is 0 Å². The van der Waals surface area contributed by atoms with Crippen LogP contribution >= 0.6 is 11.8 Å². The first-order valence-electron chi connectivity index (χ1n) is 5.71. The Morgan fingerprint density at radius 2 is 2.44 bits per heavy atom. The number of pyridine rings is 1. The highest BCUT2D eigenvalue weighted by molar-refractivity contribution is 7.99. The third kappa shape index (κ3) is 1.61. The fourth-order valence-electron chi connectivity index (χ4n) is 2.35. The van der Waals surface area contributed by atoms with Gasteiger partial charge in [-0.05, 0) is 30.7 Å². The molecule has 0 amide bonds. The van der Waals surface area contributed by atoms with Crippen molar-refractivity contribution in [2.45, 2.75) is 18.8 Å². The lowest BCUT2D eigenvalue weighted by Crippen LogP contribution is -2.13. The van der Waals surface area contributed by atoms with Crippen LogP contribution in [0.15, 0.2) is 18.3 Å². The normalized spacial score (nSPS) is 21.4. The van der Waals surface area contributed by atoms with E-state index in [9.17, 15) is 0 Å². The molecule has 4 heteroatoms. The van der Waals surface area contributed by atoms with Crippen LogP contribution in [0.1, 0.15) is 24.6 Å². The fraction of sp³-hybridized carbons (Fsp3) is 0.500. The molecule has 2 aromatic rings. The molecule has 1 fully saturated rings. The molecule has 0 saturated carbocycles. The molecule has 16 heavy (non-hydrogen) atoms. The smallest absolute Gasteiger partial charge is 0.159 e. The first kappa shape index (κ1) is 10.1. The molecular weight excluding hydrogens is 218 g/mol. The van der Waals surface area contributed by atoms with Crippen LogP contribution in [0.25, 0.3) is 11.2 Å². The number of imidazole rings is 1. The summed E-state index contributed by atoms with van der Waals surface area (Å²) in [4.78, 5) is 9.11. The first-order valence-corrected chi connectivity index (χ1v) is 6.87. The number of aryl methyl sites for hydroxylation is 1. The second kappa shape index (κ2) is 4.09. The third-order valence-corrected chi connectivity index (χ3v) is 4.40. The van der Waals surface area contributed by atoms with E-state index < -0.39 is 0 Å². The zero-order chi connectivity index (χ0) is 11.0. The van der Waals surface area contributed by atoms with Crippen LogP contribution in [-0.4, -0.2) is 26.0 Å². The standard InChI is InChI=1S/C12H15N3S/c1-15-11(9-4-3-7-16-8-9)14-10-5-2-6-13-12(10)15/h2,5-6,9H,3-4,7-8H2,1H3. The topological polar surface area (TPSA) is 30.7 Å². The summed E-state index contributed by atoms with van der Waals surface area (Å²) < 4.78 is 2.16. The molecule has 0 aliphatic carbocycles. The summed E-state index contributed by atoms with van der Waals surface area (Å²) in [6.45, 7) is 0. The van der Waals surface area contributed by atoms with Gasteiger partial charge in [-0.3, -0.25) is 0 Å². The molecule has 1 aliphatic heterocycles. The highest BCUT2D eigenvalue weighted by Gasteiger charge is 2.21. The second-order valence-corrected chi connectivity index (χ2v) is 5.44. The van der Waals surface area contributed by atoms with Gasteiger partial charge in [-0.2, -0.15) is 11.8 Å². The average Bonchev–Trinajstić information content (AvgIpc) is 2.69. The Balaban J connectivity index is 2.05. The average molecular weight is 233 g/mol. The Kier molecular flexibility index (Phi) is 2.59. The molecular formula is C12H15N3S. The van der Waals surface area contributed by atoms with E-state index in [2.05, 4.69) is 16.6 Å². The molecule has 3 heterocycles. The van der Waals surface area contributed by atoms with Crippen molar-refractivity contribution in [1.29, 1.82) is 0 Å². The zero-order valence-corrected chi connectivity index (χ0v) is 10.2. The number of nitrogens with zero attached hydrogens (tertiary/aromatic N) is 3. The van der Waals surface area contributed by atoms with E-state index in [1.165, 1.54) is 30.2 Å². The summed E-state index contributed by atoms with van der Waals surface area (Å²) in [5, 5.41) is 0. The van der Waals surface area contributed by atoms with Gasteiger partial charge >= 0.3 is 0 Å². The fourth-order valence-corrected chi connectivity index (χ4v) is 3.49. The lowest BCUT2D eigenvalue weighted by molar-refractivity contribution is 0.603. The summed E-state index contributed by atoms with van der Waals surface area (Å²) in [5.74, 6) is 4.33. The van der Waals surface area contributed by atoms with Crippen molar-refractivity contribution >= 4 is 22.9 Å². The minimum atomic E-state index is 0.609. The molecule has 1 unspecified atom stereocenters. The molecule has 1 atom stereocenters. The maximum atomic E-state index is 4.72. The van der Waals surface area contributed by atoms with Crippen molar-refractivity contribution in [3.8, 4) is 0 Å². The van der Waals surface area contributed by atoms with E-state index in [0.29, 0.717) is 5.92 Å². The van der Waals surface area contributed by atoms with Crippen molar-refractivity contribution in [2.75, 3.05) is 11.5 Å². The predicted octanol–water partition coefficient (Wildman–Crippen LogP) is 2.58. The van der Waals surface area contributed by atoms with Gasteiger partial charge in [-0.25, -0.2) is 9.97 Å². The van der Waals surface area contributed by atoms with Crippen molar-refractivity contribution in [1.82, 2.24) is 14.5 Å². The number of aromatic nitrogens is 3. The molecule has 1 aliphatic rings. The van der Waals surface area contributed by atoms with Crippen molar-refractivity contribution in [2.24, 2.45) is 7.05 Å². The molecule has 2 aromatic heterocycles. The quantitative estimate of drug-likeness (QED) is 0.758. The Labute approximate surface area is 99.3 Å². The summed E-state index contributed by atoms with van der Waals surface area (Å²) in [7, 11) is 2.08. The number of hydrogen-bond donors (Lipinski definition) is 0. The monoisotopic (exact) mass is 233 g/mol. The van der Waals surface area contributed by atoms with Gasteiger partial charge in [0.25, 0.3) is 0 Å². The minimum Gasteiger partial charge on any atom is -0.316 e. The largest absolute Gasteiger partial charge is 0.316 e. The Morgan fingerprint density at radius 3 is 3.19 bits per heavy atom. The van der Waals surface area contributed by atoms with Gasteiger partial charge in [-0.15, -0.1) is 0 Å². The summed E-state index contributed by atoms with van der Waals surface area (Å²) in [6, 6.07) is 4.00. The van der Waals surface area contributed by atoms with Crippen molar-refractivity contribution in [3.63, 3.8) is 0 Å². The molecule has 84 valence electrons. The number of hydrogen-bond acceptors (Lipinski definition) is 3. The number of rotatable bonds is 1. The summed E-state index contributed by atoms with van der Waals surface area (Å²) >= 11 is 2.04. The maximum absolute atomic E-state index is 4.72. The Morgan fingerprint density at radius 1 is 1.50 bits per heavy atom. The van der Waals surface area contributed by atoms with E-state index in [0.717, 1.165) is 11.2 Å². The van der Waals surface area contributed by atoms with Crippen LogP contribution in [0.3, 0.4) is 0 Å². The number of fused-ring (bicyclic) bond motifs is 1. The highest BCUT2D eigenvalue weighted by atomic mass is 32.2. The van der Waals surface area contributed by atoms with E-state index in [1.807, 2.05) is 30.1 Å². The predicted molar refractivity (Wildman–Crippen MR) is 67.8 cm³/mol. The van der Waals surface area contributed by atoms with Crippen LogP contribution in [0.4, 0.5) is 0 Å². The van der Waals surface area contributed by atoms with Gasteiger partial charge in [0.15, 0.2) is 5.65 Å². The molecule has 0 aromatic carbocycles. The van der Waals surface area contributed by atoms with Gasteiger partial charge in [0.1, 0.15) is 11.3 Å². The Bertz CT molecular complexity index is 500. The van der Waals surface area contributed by atoms with Crippen LogP contribution in [0.2, 0.25) is 0 Å². The van der Waals surface area contributed by atoms with Crippen LogP contribution in [-0.2, 0) is 7.05 Å². The molecule has 0 spiro atoms. The lowest BCUT2D eigenvalue weighted by atomic mass is 10.1. The molecule has 1 saturated heterocycles. The van der Waals surface area contributed by atoms with Gasteiger partial charge in [-0.1, -0.05) is 0 Å². The van der Waals surface area contributed by atoms with Crippen LogP contribution in [0.5, 0.6) is 0 Å². The van der Waals surface area contributed by atoms with E-state index in [-0.39, 0.29) is 0 Å². The molecule has 3 rings (SSSR count). The van der Waals surface area contributed by atoms with E-state index >= 15 is 0 Å². The summed E-state index contributed by atoms with van der Waals surface area (Å²) in [6.07, 6.45) is 4.42.